The molecule has 1 aromatic carbocycles. The van der Waals surface area contributed by atoms with Gasteiger partial charge in [-0.1, -0.05) is 25.1 Å². The normalized spacial score (nSPS) is 23.8. The smallest absolute Gasteiger partial charge is 0.253 e. The Bertz CT molecular complexity index is 775. The van der Waals surface area contributed by atoms with Gasteiger partial charge in [0.2, 0.25) is 0 Å². The third-order valence-corrected chi connectivity index (χ3v) is 7.54. The minimum atomic E-state index is -2.93. The number of nitrogens with one attached hydrogen (secondary N) is 1. The number of thioether (sulfide) groups is 1. The molecule has 0 aromatic heterocycles. The first-order chi connectivity index (χ1) is 11.9. The number of hydrogen-bond donors (Lipinski definition) is 1. The molecule has 2 heterocycles. The Morgan fingerprint density at radius 3 is 2.68 bits per heavy atom. The fraction of sp³-hybridized carbons (Fsp3) is 0.529. The second kappa shape index (κ2) is 7.37. The molecule has 1 aromatic rings. The van der Waals surface area contributed by atoms with E-state index in [2.05, 4.69) is 17.2 Å². The van der Waals surface area contributed by atoms with Crippen molar-refractivity contribution in [3.05, 3.63) is 29.8 Å². The summed E-state index contributed by atoms with van der Waals surface area (Å²) in [6, 6.07) is 7.19. The van der Waals surface area contributed by atoms with Gasteiger partial charge in [0.05, 0.1) is 17.5 Å². The molecule has 1 saturated heterocycles. The highest BCUT2D eigenvalue weighted by atomic mass is 32.2. The molecule has 136 valence electrons. The summed E-state index contributed by atoms with van der Waals surface area (Å²) in [5, 5.41) is 4.00. The van der Waals surface area contributed by atoms with Crippen LogP contribution in [0.5, 0.6) is 0 Å². The average molecular weight is 382 g/mol. The van der Waals surface area contributed by atoms with Gasteiger partial charge in [0.15, 0.2) is 15.0 Å². The summed E-state index contributed by atoms with van der Waals surface area (Å²) < 4.78 is 23.2. The van der Waals surface area contributed by atoms with Gasteiger partial charge in [-0.3, -0.25) is 9.79 Å². The van der Waals surface area contributed by atoms with Crippen molar-refractivity contribution in [3.8, 4) is 0 Å². The number of amides is 1. The van der Waals surface area contributed by atoms with Gasteiger partial charge in [-0.15, -0.1) is 0 Å². The maximum absolute atomic E-state index is 12.3. The van der Waals surface area contributed by atoms with E-state index >= 15 is 0 Å². The number of benzene rings is 1. The topological polar surface area (TPSA) is 78.8 Å². The second-order valence-corrected chi connectivity index (χ2v) is 9.90. The number of carbonyl (C=O) groups is 1. The zero-order chi connectivity index (χ0) is 18.0. The predicted molar refractivity (Wildman–Crippen MR) is 103 cm³/mol. The van der Waals surface area contributed by atoms with Gasteiger partial charge in [0.25, 0.3) is 5.91 Å². The van der Waals surface area contributed by atoms with Gasteiger partial charge in [-0.25, -0.2) is 8.42 Å². The van der Waals surface area contributed by atoms with Gasteiger partial charge in [-0.2, -0.15) is 0 Å². The van der Waals surface area contributed by atoms with Gasteiger partial charge in [0, 0.05) is 30.1 Å². The number of amidine groups is 1. The Balaban J connectivity index is 1.59. The lowest BCUT2D eigenvalue weighted by Crippen LogP contribution is -2.27. The first kappa shape index (κ1) is 18.3. The van der Waals surface area contributed by atoms with E-state index < -0.39 is 9.84 Å². The van der Waals surface area contributed by atoms with Crippen LogP contribution in [0.1, 0.15) is 30.1 Å². The molecule has 2 atom stereocenters. The van der Waals surface area contributed by atoms with E-state index in [0.717, 1.165) is 30.2 Å². The molecular formula is C17H23N3O3S2. The summed E-state index contributed by atoms with van der Waals surface area (Å²) in [6.45, 7) is 2.86. The number of fused-ring (bicyclic) bond motifs is 1. The van der Waals surface area contributed by atoms with E-state index in [-0.39, 0.29) is 28.7 Å². The van der Waals surface area contributed by atoms with Gasteiger partial charge in [0.1, 0.15) is 0 Å². The molecule has 3 rings (SSSR count). The lowest BCUT2D eigenvalue weighted by atomic mass is 10.2. The number of aliphatic imine (C=N–C) groups is 1. The number of hydrogen-bond acceptors (Lipinski definition) is 6. The zero-order valence-corrected chi connectivity index (χ0v) is 16.1. The van der Waals surface area contributed by atoms with Crippen LogP contribution in [0.25, 0.3) is 0 Å². The highest BCUT2D eigenvalue weighted by Gasteiger charge is 2.42. The number of anilines is 1. The molecule has 0 unspecified atom stereocenters. The van der Waals surface area contributed by atoms with Gasteiger partial charge >= 0.3 is 0 Å². The summed E-state index contributed by atoms with van der Waals surface area (Å²) in [7, 11) is -1.11. The van der Waals surface area contributed by atoms with Crippen LogP contribution in [-0.4, -0.2) is 60.8 Å². The predicted octanol–water partition coefficient (Wildman–Crippen LogP) is 2.24. The molecule has 0 bridgehead atoms. The summed E-state index contributed by atoms with van der Waals surface area (Å²) in [5.74, 6) is 0.370. The number of carbonyl (C=O) groups excluding carboxylic acids is 1. The minimum absolute atomic E-state index is 0.0207. The van der Waals surface area contributed by atoms with Gasteiger partial charge < -0.3 is 10.2 Å². The van der Waals surface area contributed by atoms with Gasteiger partial charge in [-0.05, 0) is 30.7 Å². The average Bonchev–Trinajstić information content (AvgIpc) is 3.05. The van der Waals surface area contributed by atoms with Crippen LogP contribution in [-0.2, 0) is 9.84 Å². The summed E-state index contributed by atoms with van der Waals surface area (Å²) in [5.41, 5.74) is 1.51. The SMILES string of the molecule is CCCCN(C)C(=O)c1ccc(NC2=N[C@@H]3CS(=O)(=O)C[C@H]3S2)cc1. The van der Waals surface area contributed by atoms with E-state index in [1.165, 1.54) is 11.8 Å². The fourth-order valence-electron chi connectivity index (χ4n) is 2.95. The van der Waals surface area contributed by atoms with Crippen molar-refractivity contribution in [2.45, 2.75) is 31.1 Å². The minimum Gasteiger partial charge on any atom is -0.342 e. The molecule has 0 saturated carbocycles. The van der Waals surface area contributed by atoms with E-state index in [1.54, 1.807) is 17.0 Å². The Labute approximate surface area is 153 Å². The molecule has 2 aliphatic heterocycles. The van der Waals surface area contributed by atoms with Crippen LogP contribution in [0, 0.1) is 0 Å². The summed E-state index contributed by atoms with van der Waals surface area (Å²) in [6.07, 6.45) is 2.06. The third kappa shape index (κ3) is 4.36. The molecular weight excluding hydrogens is 358 g/mol. The van der Waals surface area contributed by atoms with E-state index in [1.807, 2.05) is 19.2 Å². The van der Waals surface area contributed by atoms with Crippen LogP contribution >= 0.6 is 11.8 Å². The Morgan fingerprint density at radius 1 is 1.32 bits per heavy atom. The molecule has 6 nitrogen and oxygen atoms in total. The molecule has 8 heteroatoms. The van der Waals surface area contributed by atoms with E-state index in [4.69, 9.17) is 0 Å². The van der Waals surface area contributed by atoms with Crippen molar-refractivity contribution >= 4 is 38.4 Å². The molecule has 0 radical (unpaired) electrons. The highest BCUT2D eigenvalue weighted by Crippen LogP contribution is 2.34. The summed E-state index contributed by atoms with van der Waals surface area (Å²) in [4.78, 5) is 18.5. The van der Waals surface area contributed by atoms with Crippen LogP contribution in [0.3, 0.4) is 0 Å². The quantitative estimate of drug-likeness (QED) is 0.846. The number of rotatable bonds is 5. The van der Waals surface area contributed by atoms with Crippen LogP contribution in [0.4, 0.5) is 5.69 Å². The number of nitrogens with zero attached hydrogens (tertiary/aromatic N) is 2. The fourth-order valence-corrected chi connectivity index (χ4v) is 6.63. The monoisotopic (exact) mass is 381 g/mol. The highest BCUT2D eigenvalue weighted by molar-refractivity contribution is 8.15. The number of sulfone groups is 1. The van der Waals surface area contributed by atoms with Crippen molar-refractivity contribution in [3.63, 3.8) is 0 Å². The Kier molecular flexibility index (Phi) is 5.38. The molecule has 0 spiro atoms. The first-order valence-electron chi connectivity index (χ1n) is 8.45. The first-order valence-corrected chi connectivity index (χ1v) is 11.2. The van der Waals surface area contributed by atoms with Crippen molar-refractivity contribution in [2.75, 3.05) is 30.4 Å². The largest absolute Gasteiger partial charge is 0.342 e. The Hall–Kier alpha value is -1.54. The Morgan fingerprint density at radius 2 is 2.04 bits per heavy atom. The van der Waals surface area contributed by atoms with Crippen LogP contribution in [0.15, 0.2) is 29.3 Å². The van der Waals surface area contributed by atoms with Crippen molar-refractivity contribution in [2.24, 2.45) is 4.99 Å². The maximum atomic E-state index is 12.3. The zero-order valence-electron chi connectivity index (χ0n) is 14.4. The third-order valence-electron chi connectivity index (χ3n) is 4.40. The van der Waals surface area contributed by atoms with E-state index in [9.17, 15) is 13.2 Å². The molecule has 2 aliphatic rings. The van der Waals surface area contributed by atoms with Crippen molar-refractivity contribution in [1.82, 2.24) is 4.90 Å². The van der Waals surface area contributed by atoms with E-state index in [0.29, 0.717) is 5.56 Å². The summed E-state index contributed by atoms with van der Waals surface area (Å²) >= 11 is 1.49. The lowest BCUT2D eigenvalue weighted by molar-refractivity contribution is 0.0793. The standard InChI is InChI=1S/C17H23N3O3S2/c1-3-4-9-20(2)16(21)12-5-7-13(8-6-12)18-17-19-14-10-25(22,23)11-15(14)24-17/h5-8,14-15H,3-4,9-11H2,1-2H3,(H,18,19)/t14-,15-/m1/s1. The molecule has 25 heavy (non-hydrogen) atoms. The van der Waals surface area contributed by atoms with Crippen LogP contribution in [0.2, 0.25) is 0 Å². The van der Waals surface area contributed by atoms with Crippen molar-refractivity contribution < 1.29 is 13.2 Å². The molecule has 1 amide bonds. The molecule has 0 aliphatic carbocycles. The van der Waals surface area contributed by atoms with Crippen molar-refractivity contribution in [1.29, 1.82) is 0 Å². The molecule has 1 N–H and O–H groups in total. The number of unbranched alkanes of at least 4 members (excludes halogenated alkanes) is 1. The second-order valence-electron chi connectivity index (χ2n) is 6.52. The van der Waals surface area contributed by atoms with Crippen LogP contribution < -0.4 is 5.32 Å². The molecule has 1 fully saturated rings. The lowest BCUT2D eigenvalue weighted by Gasteiger charge is -2.17. The maximum Gasteiger partial charge on any atom is 0.253 e.